The summed E-state index contributed by atoms with van der Waals surface area (Å²) in [6.45, 7) is 1.60. The topological polar surface area (TPSA) is 82.2 Å². The van der Waals surface area contributed by atoms with E-state index in [4.69, 9.17) is 7.85 Å². The summed E-state index contributed by atoms with van der Waals surface area (Å²) in [5.74, 6) is 0.965. The Hall–Kier alpha value is -4.33. The molecule has 1 unspecified atom stereocenters. The van der Waals surface area contributed by atoms with Gasteiger partial charge in [0.25, 0.3) is 0 Å². The van der Waals surface area contributed by atoms with Crippen molar-refractivity contribution in [2.24, 2.45) is 0 Å². The summed E-state index contributed by atoms with van der Waals surface area (Å²) in [4.78, 5) is 23.3. The highest BCUT2D eigenvalue weighted by molar-refractivity contribution is 6.35. The molecule has 7 nitrogen and oxygen atoms in total. The van der Waals surface area contributed by atoms with Gasteiger partial charge in [0.15, 0.2) is 0 Å². The molecule has 0 spiro atoms. The number of urea groups is 1. The van der Waals surface area contributed by atoms with E-state index in [2.05, 4.69) is 50.2 Å². The average molecular weight is 488 g/mol. The lowest BCUT2D eigenvalue weighted by atomic mass is 9.96. The van der Waals surface area contributed by atoms with Gasteiger partial charge in [-0.1, -0.05) is 66.7 Å². The van der Waals surface area contributed by atoms with Crippen LogP contribution < -0.4 is 21.4 Å². The first kappa shape index (κ1) is 24.4. The molecule has 1 fully saturated rings. The van der Waals surface area contributed by atoms with Gasteiger partial charge in [-0.05, 0) is 54.1 Å². The number of likely N-dealkylation sites (tertiary alicyclic amines) is 1. The van der Waals surface area contributed by atoms with Crippen molar-refractivity contribution in [3.8, 4) is 0 Å². The lowest BCUT2D eigenvalue weighted by molar-refractivity contribution is 0.222. The standard InChI is InChI=1S/C29H29BN6O/c30-25-20-31-28(32-23-14-9-15-24(19-23)33-29(37)36-16-7-8-17-36)35-27(25)34-26(22-12-5-2-6-13-22)18-21-10-3-1-4-11-21/h1-6,9-15,19-20,26H,7-8,16-18H2,(H,33,37)(H2,31,32,34,35). The van der Waals surface area contributed by atoms with E-state index in [1.165, 1.54) is 5.56 Å². The van der Waals surface area contributed by atoms with E-state index >= 15 is 0 Å². The predicted octanol–water partition coefficient (Wildman–Crippen LogP) is 5.04. The molecule has 0 aliphatic carbocycles. The number of aromatic nitrogens is 2. The smallest absolute Gasteiger partial charge is 0.321 e. The summed E-state index contributed by atoms with van der Waals surface area (Å²) in [6, 6.07) is 28.0. The van der Waals surface area contributed by atoms with E-state index in [1.807, 2.05) is 65.6 Å². The summed E-state index contributed by atoms with van der Waals surface area (Å²) in [6.07, 6.45) is 4.48. The second kappa shape index (κ2) is 11.6. The van der Waals surface area contributed by atoms with Gasteiger partial charge in [-0.3, -0.25) is 0 Å². The molecular weight excluding hydrogens is 459 g/mol. The minimum Gasteiger partial charge on any atom is -0.363 e. The van der Waals surface area contributed by atoms with Gasteiger partial charge in [0.05, 0.1) is 6.04 Å². The number of hydrogen-bond donors (Lipinski definition) is 3. The Labute approximate surface area is 218 Å². The highest BCUT2D eigenvalue weighted by atomic mass is 16.2. The van der Waals surface area contributed by atoms with Crippen molar-refractivity contribution in [3.05, 3.63) is 102 Å². The number of benzene rings is 3. The van der Waals surface area contributed by atoms with Crippen LogP contribution in [-0.2, 0) is 6.42 Å². The van der Waals surface area contributed by atoms with Crippen molar-refractivity contribution >= 4 is 42.5 Å². The SMILES string of the molecule is [B]c1cnc(Nc2cccc(NC(=O)N3CCCC3)c2)nc1NC(Cc1ccccc1)c1ccccc1. The van der Waals surface area contributed by atoms with E-state index in [-0.39, 0.29) is 12.1 Å². The van der Waals surface area contributed by atoms with Crippen LogP contribution in [0.25, 0.3) is 0 Å². The molecule has 2 heterocycles. The number of carbonyl (C=O) groups is 1. The number of hydrogen-bond acceptors (Lipinski definition) is 5. The number of rotatable bonds is 8. The molecule has 1 aliphatic rings. The summed E-state index contributed by atoms with van der Waals surface area (Å²) in [5.41, 5.74) is 4.29. The third kappa shape index (κ3) is 6.47. The van der Waals surface area contributed by atoms with E-state index in [9.17, 15) is 4.79 Å². The van der Waals surface area contributed by atoms with Gasteiger partial charge >= 0.3 is 6.03 Å². The Kier molecular flexibility index (Phi) is 7.65. The van der Waals surface area contributed by atoms with Crippen LogP contribution in [-0.4, -0.2) is 41.8 Å². The predicted molar refractivity (Wildman–Crippen MR) is 150 cm³/mol. The Morgan fingerprint density at radius 3 is 2.38 bits per heavy atom. The summed E-state index contributed by atoms with van der Waals surface area (Å²) < 4.78 is 0. The summed E-state index contributed by atoms with van der Waals surface area (Å²) >= 11 is 0. The van der Waals surface area contributed by atoms with Crippen LogP contribution >= 0.6 is 0 Å². The minimum absolute atomic E-state index is 0.0298. The molecule has 184 valence electrons. The number of nitrogens with one attached hydrogen (secondary N) is 3. The fourth-order valence-electron chi connectivity index (χ4n) is 4.45. The van der Waals surface area contributed by atoms with Crippen LogP contribution in [0, 0.1) is 0 Å². The molecule has 8 heteroatoms. The first-order valence-corrected chi connectivity index (χ1v) is 12.5. The monoisotopic (exact) mass is 488 g/mol. The van der Waals surface area contributed by atoms with Crippen molar-refractivity contribution < 1.29 is 4.79 Å². The van der Waals surface area contributed by atoms with Crippen LogP contribution in [0.4, 0.5) is 27.9 Å². The van der Waals surface area contributed by atoms with E-state index in [0.717, 1.165) is 43.6 Å². The first-order valence-electron chi connectivity index (χ1n) is 12.5. The molecule has 0 bridgehead atoms. The zero-order valence-electron chi connectivity index (χ0n) is 20.6. The van der Waals surface area contributed by atoms with Gasteiger partial charge < -0.3 is 20.9 Å². The zero-order chi connectivity index (χ0) is 25.5. The highest BCUT2D eigenvalue weighted by Gasteiger charge is 2.18. The Bertz CT molecular complexity index is 1330. The molecule has 5 rings (SSSR count). The molecule has 2 amide bonds. The number of nitrogens with zero attached hydrogens (tertiary/aromatic N) is 3. The van der Waals surface area contributed by atoms with Crippen LogP contribution in [0.5, 0.6) is 0 Å². The molecule has 1 aliphatic heterocycles. The number of amides is 2. The lowest BCUT2D eigenvalue weighted by Crippen LogP contribution is -2.32. The third-order valence-electron chi connectivity index (χ3n) is 6.38. The van der Waals surface area contributed by atoms with Gasteiger partial charge in [-0.15, -0.1) is 0 Å². The third-order valence-corrected chi connectivity index (χ3v) is 6.38. The fraction of sp³-hybridized carbons (Fsp3) is 0.207. The largest absolute Gasteiger partial charge is 0.363 e. The normalized spacial score (nSPS) is 13.7. The number of carbonyl (C=O) groups excluding carboxylic acids is 1. The van der Waals surface area contributed by atoms with Crippen molar-refractivity contribution in [1.29, 1.82) is 0 Å². The molecule has 3 N–H and O–H groups in total. The average Bonchev–Trinajstić information content (AvgIpc) is 3.47. The summed E-state index contributed by atoms with van der Waals surface area (Å²) in [7, 11) is 6.27. The Balaban J connectivity index is 1.32. The quantitative estimate of drug-likeness (QED) is 0.303. The lowest BCUT2D eigenvalue weighted by Gasteiger charge is -2.22. The Morgan fingerprint density at radius 1 is 0.919 bits per heavy atom. The van der Waals surface area contributed by atoms with E-state index < -0.39 is 0 Å². The van der Waals surface area contributed by atoms with Gasteiger partial charge in [0.2, 0.25) is 5.95 Å². The fourth-order valence-corrected chi connectivity index (χ4v) is 4.45. The minimum atomic E-state index is -0.0739. The van der Waals surface area contributed by atoms with Gasteiger partial charge in [-0.2, -0.15) is 4.98 Å². The van der Waals surface area contributed by atoms with Crippen LogP contribution in [0.1, 0.15) is 30.0 Å². The second-order valence-electron chi connectivity index (χ2n) is 9.12. The maximum absolute atomic E-state index is 12.5. The van der Waals surface area contributed by atoms with E-state index in [1.54, 1.807) is 6.20 Å². The van der Waals surface area contributed by atoms with Crippen molar-refractivity contribution in [3.63, 3.8) is 0 Å². The first-order chi connectivity index (χ1) is 18.1. The molecule has 0 saturated carbocycles. The van der Waals surface area contributed by atoms with Gasteiger partial charge in [-0.25, -0.2) is 9.78 Å². The van der Waals surface area contributed by atoms with Crippen LogP contribution in [0.2, 0.25) is 0 Å². The maximum atomic E-state index is 12.5. The van der Waals surface area contributed by atoms with Crippen LogP contribution in [0.15, 0.2) is 91.1 Å². The van der Waals surface area contributed by atoms with Gasteiger partial charge in [0, 0.05) is 30.7 Å². The molecule has 1 aromatic heterocycles. The van der Waals surface area contributed by atoms with Crippen molar-refractivity contribution in [2.45, 2.75) is 25.3 Å². The van der Waals surface area contributed by atoms with E-state index in [0.29, 0.717) is 22.9 Å². The number of anilines is 4. The highest BCUT2D eigenvalue weighted by Crippen LogP contribution is 2.24. The van der Waals surface area contributed by atoms with Gasteiger partial charge in [0.1, 0.15) is 13.7 Å². The summed E-state index contributed by atoms with van der Waals surface area (Å²) in [5, 5.41) is 9.73. The van der Waals surface area contributed by atoms with Crippen molar-refractivity contribution in [2.75, 3.05) is 29.0 Å². The molecule has 4 aromatic rings. The molecular formula is C29H29BN6O. The second-order valence-corrected chi connectivity index (χ2v) is 9.12. The zero-order valence-corrected chi connectivity index (χ0v) is 20.6. The molecule has 1 saturated heterocycles. The molecule has 1 atom stereocenters. The molecule has 3 aromatic carbocycles. The Morgan fingerprint density at radius 2 is 1.62 bits per heavy atom. The maximum Gasteiger partial charge on any atom is 0.321 e. The van der Waals surface area contributed by atoms with Crippen LogP contribution in [0.3, 0.4) is 0 Å². The molecule has 2 radical (unpaired) electrons. The molecule has 37 heavy (non-hydrogen) atoms. The van der Waals surface area contributed by atoms with Crippen molar-refractivity contribution in [1.82, 2.24) is 14.9 Å².